The second kappa shape index (κ2) is 6.83. The molecule has 0 aromatic rings. The van der Waals surface area contributed by atoms with Gasteiger partial charge in [-0.3, -0.25) is 4.89 Å². The molecule has 0 radical (unpaired) electrons. The van der Waals surface area contributed by atoms with Crippen molar-refractivity contribution < 1.29 is 14.6 Å². The number of hydrogen-bond donors (Lipinski definition) is 0. The third kappa shape index (κ3) is 5.78. The van der Waals surface area contributed by atoms with Crippen molar-refractivity contribution in [2.24, 2.45) is 11.3 Å². The zero-order valence-corrected chi connectivity index (χ0v) is 10.6. The largest absolute Gasteiger partial charge is 0.345 e. The van der Waals surface area contributed by atoms with Crippen LogP contribution in [0.25, 0.3) is 0 Å². The van der Waals surface area contributed by atoms with Crippen molar-refractivity contribution in [2.45, 2.75) is 53.9 Å². The fourth-order valence-corrected chi connectivity index (χ4v) is 1.49. The summed E-state index contributed by atoms with van der Waals surface area (Å²) in [7, 11) is 0. The Labute approximate surface area is 93.1 Å². The molecule has 0 spiro atoms. The molecule has 0 heterocycles. The summed E-state index contributed by atoms with van der Waals surface area (Å²) in [6.07, 6.45) is 3.00. The summed E-state index contributed by atoms with van der Waals surface area (Å²) in [6.45, 7) is 10.5. The van der Waals surface area contributed by atoms with Crippen LogP contribution >= 0.6 is 0 Å². The van der Waals surface area contributed by atoms with Crippen LogP contribution in [-0.4, -0.2) is 12.6 Å². The lowest BCUT2D eigenvalue weighted by molar-refractivity contribution is -0.276. The van der Waals surface area contributed by atoms with Gasteiger partial charge < -0.3 is 0 Å². The van der Waals surface area contributed by atoms with Crippen molar-refractivity contribution in [1.82, 2.24) is 0 Å². The van der Waals surface area contributed by atoms with E-state index in [1.165, 1.54) is 0 Å². The number of hydrogen-bond acceptors (Lipinski definition) is 3. The molecule has 0 saturated heterocycles. The summed E-state index contributed by atoms with van der Waals surface area (Å²) in [6, 6.07) is 0. The number of carbonyl (C=O) groups excluding carboxylic acids is 1. The van der Waals surface area contributed by atoms with Gasteiger partial charge in [0.05, 0.1) is 12.5 Å². The molecule has 0 aromatic heterocycles. The summed E-state index contributed by atoms with van der Waals surface area (Å²) < 4.78 is 0. The molecule has 0 bridgehead atoms. The molecular formula is C12H24O3. The SMILES string of the molecule is CCCCC(C(=O)OOCC)C(C)(C)C. The minimum Gasteiger partial charge on any atom is -0.298 e. The number of rotatable bonds is 6. The zero-order chi connectivity index (χ0) is 11.9. The van der Waals surface area contributed by atoms with Gasteiger partial charge in [0.2, 0.25) is 0 Å². The Morgan fingerprint density at radius 2 is 1.87 bits per heavy atom. The highest BCUT2D eigenvalue weighted by molar-refractivity contribution is 5.72. The second-order valence-electron chi connectivity index (χ2n) is 4.87. The monoisotopic (exact) mass is 216 g/mol. The van der Waals surface area contributed by atoms with E-state index in [9.17, 15) is 4.79 Å². The van der Waals surface area contributed by atoms with Crippen LogP contribution in [0.15, 0.2) is 0 Å². The summed E-state index contributed by atoms with van der Waals surface area (Å²) in [4.78, 5) is 21.1. The quantitative estimate of drug-likeness (QED) is 0.504. The molecule has 0 fully saturated rings. The van der Waals surface area contributed by atoms with Crippen LogP contribution in [0.4, 0.5) is 0 Å². The van der Waals surface area contributed by atoms with E-state index in [1.807, 2.05) is 0 Å². The lowest BCUT2D eigenvalue weighted by atomic mass is 9.78. The molecule has 3 heteroatoms. The predicted octanol–water partition coefficient (Wildman–Crippen LogP) is 3.33. The van der Waals surface area contributed by atoms with Gasteiger partial charge in [0.15, 0.2) is 0 Å². The molecule has 0 aliphatic carbocycles. The van der Waals surface area contributed by atoms with E-state index < -0.39 is 0 Å². The van der Waals surface area contributed by atoms with Crippen LogP contribution in [0.5, 0.6) is 0 Å². The van der Waals surface area contributed by atoms with Crippen molar-refractivity contribution in [3.05, 3.63) is 0 Å². The highest BCUT2D eigenvalue weighted by Crippen LogP contribution is 2.31. The molecule has 0 aliphatic rings. The topological polar surface area (TPSA) is 35.5 Å². The smallest absolute Gasteiger partial charge is 0.298 e. The van der Waals surface area contributed by atoms with Crippen LogP contribution in [0.3, 0.4) is 0 Å². The van der Waals surface area contributed by atoms with Gasteiger partial charge in [-0.25, -0.2) is 4.79 Å². The average molecular weight is 216 g/mol. The van der Waals surface area contributed by atoms with Crippen molar-refractivity contribution >= 4 is 5.97 Å². The first-order chi connectivity index (χ1) is 6.93. The molecule has 3 nitrogen and oxygen atoms in total. The normalized spacial score (nSPS) is 13.7. The van der Waals surface area contributed by atoms with Gasteiger partial charge in [0.1, 0.15) is 0 Å². The first kappa shape index (κ1) is 14.4. The van der Waals surface area contributed by atoms with Gasteiger partial charge in [-0.1, -0.05) is 40.5 Å². The molecular weight excluding hydrogens is 192 g/mol. The molecule has 0 aliphatic heterocycles. The lowest BCUT2D eigenvalue weighted by Crippen LogP contribution is -2.30. The zero-order valence-electron chi connectivity index (χ0n) is 10.6. The predicted molar refractivity (Wildman–Crippen MR) is 60.2 cm³/mol. The fourth-order valence-electron chi connectivity index (χ4n) is 1.49. The Kier molecular flexibility index (Phi) is 6.57. The summed E-state index contributed by atoms with van der Waals surface area (Å²) in [5.74, 6) is -0.318. The van der Waals surface area contributed by atoms with Crippen LogP contribution in [-0.2, 0) is 14.6 Å². The summed E-state index contributed by atoms with van der Waals surface area (Å²) in [5.41, 5.74) is -0.0661. The van der Waals surface area contributed by atoms with Gasteiger partial charge in [0.25, 0.3) is 0 Å². The average Bonchev–Trinajstić information content (AvgIpc) is 2.13. The first-order valence-electron chi connectivity index (χ1n) is 5.76. The molecule has 0 saturated carbocycles. The van der Waals surface area contributed by atoms with E-state index >= 15 is 0 Å². The van der Waals surface area contributed by atoms with Gasteiger partial charge in [-0.05, 0) is 18.8 Å². The van der Waals surface area contributed by atoms with E-state index in [0.29, 0.717) is 6.61 Å². The minimum absolute atomic E-state index is 0.0661. The van der Waals surface area contributed by atoms with E-state index in [4.69, 9.17) is 9.78 Å². The highest BCUT2D eigenvalue weighted by Gasteiger charge is 2.32. The minimum atomic E-state index is -0.238. The number of unbranched alkanes of at least 4 members (excludes halogenated alkanes) is 1. The van der Waals surface area contributed by atoms with E-state index in [2.05, 4.69) is 27.7 Å². The maximum absolute atomic E-state index is 11.7. The second-order valence-corrected chi connectivity index (χ2v) is 4.87. The number of carbonyl (C=O) groups is 1. The molecule has 15 heavy (non-hydrogen) atoms. The molecule has 0 N–H and O–H groups in total. The van der Waals surface area contributed by atoms with Gasteiger partial charge in [-0.15, -0.1) is 0 Å². The summed E-state index contributed by atoms with van der Waals surface area (Å²) >= 11 is 0. The highest BCUT2D eigenvalue weighted by atomic mass is 17.2. The van der Waals surface area contributed by atoms with Crippen molar-refractivity contribution in [3.8, 4) is 0 Å². The molecule has 0 rings (SSSR count). The summed E-state index contributed by atoms with van der Waals surface area (Å²) in [5, 5.41) is 0. The van der Waals surface area contributed by atoms with Crippen LogP contribution in [0.1, 0.15) is 53.9 Å². The van der Waals surface area contributed by atoms with Gasteiger partial charge in [0, 0.05) is 0 Å². The Balaban J connectivity index is 4.28. The first-order valence-corrected chi connectivity index (χ1v) is 5.76. The molecule has 1 atom stereocenters. The van der Waals surface area contributed by atoms with Gasteiger partial charge in [-0.2, -0.15) is 4.89 Å². The van der Waals surface area contributed by atoms with E-state index in [1.54, 1.807) is 6.92 Å². The van der Waals surface area contributed by atoms with Crippen LogP contribution in [0.2, 0.25) is 0 Å². The molecule has 0 amide bonds. The van der Waals surface area contributed by atoms with Gasteiger partial charge >= 0.3 is 5.97 Å². The molecule has 90 valence electrons. The van der Waals surface area contributed by atoms with Crippen molar-refractivity contribution in [3.63, 3.8) is 0 Å². The van der Waals surface area contributed by atoms with Crippen LogP contribution < -0.4 is 0 Å². The van der Waals surface area contributed by atoms with E-state index in [0.717, 1.165) is 19.3 Å². The Morgan fingerprint density at radius 3 is 2.27 bits per heavy atom. The Morgan fingerprint density at radius 1 is 1.27 bits per heavy atom. The Hall–Kier alpha value is -0.570. The molecule has 0 aromatic carbocycles. The van der Waals surface area contributed by atoms with Crippen molar-refractivity contribution in [2.75, 3.05) is 6.61 Å². The Bertz CT molecular complexity index is 182. The third-order valence-corrected chi connectivity index (χ3v) is 2.44. The lowest BCUT2D eigenvalue weighted by Gasteiger charge is -2.27. The maximum Gasteiger partial charge on any atom is 0.345 e. The molecule has 1 unspecified atom stereocenters. The van der Waals surface area contributed by atoms with Crippen molar-refractivity contribution in [1.29, 1.82) is 0 Å². The standard InChI is InChI=1S/C12H24O3/c1-6-8-9-10(12(3,4)5)11(13)15-14-7-2/h10H,6-9H2,1-5H3. The fraction of sp³-hybridized carbons (Fsp3) is 0.917. The van der Waals surface area contributed by atoms with Crippen LogP contribution in [0, 0.1) is 11.3 Å². The maximum atomic E-state index is 11.7. The van der Waals surface area contributed by atoms with E-state index in [-0.39, 0.29) is 17.3 Å². The third-order valence-electron chi connectivity index (χ3n) is 2.44.